The molecular formula is C15H11BrO3S. The first-order chi connectivity index (χ1) is 9.65. The molecule has 1 heterocycles. The molecule has 0 saturated heterocycles. The van der Waals surface area contributed by atoms with Gasteiger partial charge >= 0.3 is 5.97 Å². The van der Waals surface area contributed by atoms with Crippen molar-refractivity contribution in [1.29, 1.82) is 0 Å². The largest absolute Gasteiger partial charge is 0.454 e. The van der Waals surface area contributed by atoms with E-state index in [9.17, 15) is 9.59 Å². The van der Waals surface area contributed by atoms with Gasteiger partial charge in [0.2, 0.25) is 0 Å². The zero-order chi connectivity index (χ0) is 14.4. The molecule has 5 heteroatoms. The molecule has 0 N–H and O–H groups in total. The number of benzene rings is 1. The Labute approximate surface area is 129 Å². The van der Waals surface area contributed by atoms with Crippen LogP contribution in [0.2, 0.25) is 0 Å². The van der Waals surface area contributed by atoms with Crippen molar-refractivity contribution < 1.29 is 14.3 Å². The van der Waals surface area contributed by atoms with Crippen LogP contribution < -0.4 is 0 Å². The van der Waals surface area contributed by atoms with E-state index >= 15 is 0 Å². The molecule has 1 aromatic carbocycles. The van der Waals surface area contributed by atoms with Gasteiger partial charge < -0.3 is 4.74 Å². The van der Waals surface area contributed by atoms with Crippen LogP contribution in [0, 0.1) is 0 Å². The van der Waals surface area contributed by atoms with E-state index < -0.39 is 5.97 Å². The third kappa shape index (κ3) is 4.43. The second-order valence-electron chi connectivity index (χ2n) is 3.93. The Morgan fingerprint density at radius 2 is 1.95 bits per heavy atom. The van der Waals surface area contributed by atoms with Crippen LogP contribution in [0.15, 0.2) is 51.6 Å². The van der Waals surface area contributed by atoms with Gasteiger partial charge in [0, 0.05) is 16.1 Å². The highest BCUT2D eigenvalue weighted by Crippen LogP contribution is 2.11. The Hall–Kier alpha value is -1.72. The molecule has 1 aromatic heterocycles. The number of carbonyl (C=O) groups excluding carboxylic acids is 2. The van der Waals surface area contributed by atoms with Gasteiger partial charge in [-0.15, -0.1) is 0 Å². The average molecular weight is 351 g/mol. The second-order valence-corrected chi connectivity index (χ2v) is 5.62. The van der Waals surface area contributed by atoms with Crippen LogP contribution in [-0.4, -0.2) is 18.4 Å². The number of carbonyl (C=O) groups is 2. The first-order valence-corrected chi connectivity index (χ1v) is 7.54. The normalized spacial score (nSPS) is 10.7. The zero-order valence-corrected chi connectivity index (χ0v) is 12.8. The van der Waals surface area contributed by atoms with Gasteiger partial charge in [0.25, 0.3) is 0 Å². The molecule has 0 amide bonds. The number of halogens is 1. The minimum absolute atomic E-state index is 0.227. The summed E-state index contributed by atoms with van der Waals surface area (Å²) in [4.78, 5) is 23.2. The summed E-state index contributed by atoms with van der Waals surface area (Å²) in [6.07, 6.45) is 2.97. The lowest BCUT2D eigenvalue weighted by molar-refractivity contribution is -0.136. The molecule has 0 saturated carbocycles. The van der Waals surface area contributed by atoms with Crippen LogP contribution in [0.25, 0.3) is 6.08 Å². The molecule has 2 rings (SSSR count). The maximum atomic E-state index is 11.8. The van der Waals surface area contributed by atoms with Gasteiger partial charge in [-0.05, 0) is 40.6 Å². The van der Waals surface area contributed by atoms with Crippen molar-refractivity contribution in [3.05, 3.63) is 62.8 Å². The van der Waals surface area contributed by atoms with Gasteiger partial charge in [0.15, 0.2) is 12.4 Å². The van der Waals surface area contributed by atoms with Crippen LogP contribution in [-0.2, 0) is 9.53 Å². The SMILES string of the molecule is O=C(/C=C/c1ccsc1)OCC(=O)c1ccc(Br)cc1. The summed E-state index contributed by atoms with van der Waals surface area (Å²) in [5.41, 5.74) is 1.45. The molecule has 0 bridgehead atoms. The number of Topliss-reactive ketones (excluding diaryl/α,β-unsaturated/α-hetero) is 1. The topological polar surface area (TPSA) is 43.4 Å². The van der Waals surface area contributed by atoms with E-state index in [1.165, 1.54) is 6.08 Å². The van der Waals surface area contributed by atoms with E-state index in [1.807, 2.05) is 16.8 Å². The van der Waals surface area contributed by atoms with Crippen LogP contribution in [0.3, 0.4) is 0 Å². The van der Waals surface area contributed by atoms with Crippen molar-refractivity contribution >= 4 is 45.1 Å². The number of rotatable bonds is 5. The van der Waals surface area contributed by atoms with E-state index in [0.29, 0.717) is 5.56 Å². The van der Waals surface area contributed by atoms with Crippen LogP contribution in [0.5, 0.6) is 0 Å². The maximum Gasteiger partial charge on any atom is 0.331 e. The molecule has 0 unspecified atom stereocenters. The molecule has 0 radical (unpaired) electrons. The summed E-state index contributed by atoms with van der Waals surface area (Å²) in [5, 5.41) is 3.83. The van der Waals surface area contributed by atoms with Crippen molar-refractivity contribution in [2.24, 2.45) is 0 Å². The Bertz CT molecular complexity index is 615. The summed E-state index contributed by atoms with van der Waals surface area (Å²) in [6.45, 7) is -0.256. The molecule has 0 atom stereocenters. The highest BCUT2D eigenvalue weighted by molar-refractivity contribution is 9.10. The van der Waals surface area contributed by atoms with E-state index in [4.69, 9.17) is 4.74 Å². The molecule has 20 heavy (non-hydrogen) atoms. The number of hydrogen-bond acceptors (Lipinski definition) is 4. The quantitative estimate of drug-likeness (QED) is 0.465. The number of ketones is 1. The van der Waals surface area contributed by atoms with Gasteiger partial charge in [0.05, 0.1) is 0 Å². The van der Waals surface area contributed by atoms with Crippen molar-refractivity contribution in [3.8, 4) is 0 Å². The molecule has 0 aliphatic carbocycles. The standard InChI is InChI=1S/C15H11BrO3S/c16-13-4-2-12(3-5-13)14(17)9-19-15(18)6-1-11-7-8-20-10-11/h1-8,10H,9H2/b6-1+. The van der Waals surface area contributed by atoms with Gasteiger partial charge in [-0.1, -0.05) is 28.1 Å². The van der Waals surface area contributed by atoms with Crippen LogP contribution in [0.1, 0.15) is 15.9 Å². The van der Waals surface area contributed by atoms with Crippen LogP contribution >= 0.6 is 27.3 Å². The number of ether oxygens (including phenoxy) is 1. The van der Waals surface area contributed by atoms with Gasteiger partial charge in [-0.3, -0.25) is 4.79 Å². The molecule has 2 aromatic rings. The minimum atomic E-state index is -0.526. The lowest BCUT2D eigenvalue weighted by Crippen LogP contribution is -2.12. The summed E-state index contributed by atoms with van der Waals surface area (Å²) >= 11 is 4.84. The summed E-state index contributed by atoms with van der Waals surface area (Å²) in [6, 6.07) is 8.79. The lowest BCUT2D eigenvalue weighted by Gasteiger charge is -2.02. The number of hydrogen-bond donors (Lipinski definition) is 0. The summed E-state index contributed by atoms with van der Waals surface area (Å²) < 4.78 is 5.80. The van der Waals surface area contributed by atoms with Crippen molar-refractivity contribution in [2.45, 2.75) is 0 Å². The average Bonchev–Trinajstić information content (AvgIpc) is 2.96. The first kappa shape index (κ1) is 14.7. The Balaban J connectivity index is 1.84. The third-order valence-electron chi connectivity index (χ3n) is 2.47. The Kier molecular flexibility index (Phi) is 5.26. The highest BCUT2D eigenvalue weighted by atomic mass is 79.9. The molecule has 3 nitrogen and oxygen atoms in total. The molecule has 0 aliphatic heterocycles. The van der Waals surface area contributed by atoms with E-state index in [2.05, 4.69) is 15.9 Å². The van der Waals surface area contributed by atoms with Crippen molar-refractivity contribution in [3.63, 3.8) is 0 Å². The smallest absolute Gasteiger partial charge is 0.331 e. The molecule has 0 fully saturated rings. The molecular weight excluding hydrogens is 340 g/mol. The maximum absolute atomic E-state index is 11.8. The zero-order valence-electron chi connectivity index (χ0n) is 10.4. The van der Waals surface area contributed by atoms with E-state index in [-0.39, 0.29) is 12.4 Å². The highest BCUT2D eigenvalue weighted by Gasteiger charge is 2.08. The van der Waals surface area contributed by atoms with Gasteiger partial charge in [-0.25, -0.2) is 4.79 Å². The Morgan fingerprint density at radius 1 is 1.20 bits per heavy atom. The van der Waals surface area contributed by atoms with Gasteiger partial charge in [-0.2, -0.15) is 11.3 Å². The molecule has 0 spiro atoms. The van der Waals surface area contributed by atoms with Crippen LogP contribution in [0.4, 0.5) is 0 Å². The number of thiophene rings is 1. The monoisotopic (exact) mass is 350 g/mol. The number of esters is 1. The third-order valence-corrected chi connectivity index (χ3v) is 3.70. The fourth-order valence-corrected chi connectivity index (χ4v) is 2.33. The lowest BCUT2D eigenvalue weighted by atomic mass is 10.1. The fourth-order valence-electron chi connectivity index (χ4n) is 1.44. The molecule has 0 aliphatic rings. The van der Waals surface area contributed by atoms with E-state index in [1.54, 1.807) is 41.7 Å². The fraction of sp³-hybridized carbons (Fsp3) is 0.0667. The minimum Gasteiger partial charge on any atom is -0.454 e. The predicted octanol–water partition coefficient (Wildman–Crippen LogP) is 3.95. The summed E-state index contributed by atoms with van der Waals surface area (Å²) in [5.74, 6) is -0.753. The second kappa shape index (κ2) is 7.17. The van der Waals surface area contributed by atoms with Crippen molar-refractivity contribution in [1.82, 2.24) is 0 Å². The Morgan fingerprint density at radius 3 is 2.60 bits per heavy atom. The molecule has 102 valence electrons. The predicted molar refractivity (Wildman–Crippen MR) is 82.8 cm³/mol. The van der Waals surface area contributed by atoms with Crippen molar-refractivity contribution in [2.75, 3.05) is 6.61 Å². The summed E-state index contributed by atoms with van der Waals surface area (Å²) in [7, 11) is 0. The first-order valence-electron chi connectivity index (χ1n) is 5.81. The van der Waals surface area contributed by atoms with E-state index in [0.717, 1.165) is 10.0 Å². The van der Waals surface area contributed by atoms with Gasteiger partial charge in [0.1, 0.15) is 0 Å².